The highest BCUT2D eigenvalue weighted by atomic mass is 16.5. The van der Waals surface area contributed by atoms with Crippen molar-refractivity contribution in [3.8, 4) is 5.75 Å². The number of nitrogens with two attached hydrogens (primary N) is 1. The van der Waals surface area contributed by atoms with E-state index in [9.17, 15) is 9.59 Å². The number of benzene rings is 1. The minimum atomic E-state index is -1.09. The Morgan fingerprint density at radius 3 is 2.62 bits per heavy atom. The summed E-state index contributed by atoms with van der Waals surface area (Å²) in [5, 5.41) is 8.90. The molecule has 0 heterocycles. The number of carbonyl (C=O) groups is 2. The average Bonchev–Trinajstić information content (AvgIpc) is 2.25. The number of carbonyl (C=O) groups excluding carboxylic acids is 1. The monoisotopic (exact) mass is 221 g/mol. The van der Waals surface area contributed by atoms with Gasteiger partial charge in [-0.15, -0.1) is 0 Å². The highest BCUT2D eigenvalue weighted by Gasteiger charge is 2.10. The van der Waals surface area contributed by atoms with Crippen molar-refractivity contribution in [2.75, 3.05) is 7.11 Å². The summed E-state index contributed by atoms with van der Waals surface area (Å²) in [7, 11) is 1.39. The van der Waals surface area contributed by atoms with Crippen LogP contribution in [0.3, 0.4) is 0 Å². The molecule has 0 aliphatic heterocycles. The molecule has 0 unspecified atom stereocenters. The molecule has 0 saturated heterocycles. The van der Waals surface area contributed by atoms with Gasteiger partial charge in [0.1, 0.15) is 11.3 Å². The zero-order valence-corrected chi connectivity index (χ0v) is 8.64. The summed E-state index contributed by atoms with van der Waals surface area (Å²) in [4.78, 5) is 21.4. The molecule has 0 aromatic heterocycles. The van der Waals surface area contributed by atoms with Crippen molar-refractivity contribution < 1.29 is 19.4 Å². The Hall–Kier alpha value is -2.30. The number of carboxylic acid groups (broad SMARTS) is 1. The summed E-state index contributed by atoms with van der Waals surface area (Å²) in [5.74, 6) is -1.41. The first-order valence-electron chi connectivity index (χ1n) is 4.43. The van der Waals surface area contributed by atoms with E-state index in [1.807, 2.05) is 0 Å². The number of methoxy groups -OCH3 is 1. The number of ether oxygens (including phenoxy) is 1. The van der Waals surface area contributed by atoms with Crippen molar-refractivity contribution in [3.05, 3.63) is 35.4 Å². The van der Waals surface area contributed by atoms with E-state index < -0.39 is 11.9 Å². The summed E-state index contributed by atoms with van der Waals surface area (Å²) in [6, 6.07) is 4.55. The van der Waals surface area contributed by atoms with Gasteiger partial charge in [-0.2, -0.15) is 0 Å². The van der Waals surface area contributed by atoms with Crippen LogP contribution in [0.5, 0.6) is 5.75 Å². The maximum atomic E-state index is 10.9. The van der Waals surface area contributed by atoms with Crippen molar-refractivity contribution in [1.82, 2.24) is 0 Å². The molecule has 0 radical (unpaired) electrons. The summed E-state index contributed by atoms with van der Waals surface area (Å²) in [5.41, 5.74) is 5.53. The maximum Gasteiger partial charge on any atom is 0.339 e. The first-order chi connectivity index (χ1) is 7.54. The van der Waals surface area contributed by atoms with E-state index in [2.05, 4.69) is 0 Å². The van der Waals surface area contributed by atoms with E-state index in [1.54, 1.807) is 6.07 Å². The standard InChI is InChI=1S/C11H11NO4/c1-16-9-4-2-7(3-5-10(12)13)6-8(9)11(14)15/h2-6H,1H3,(H2,12,13)(H,14,15). The van der Waals surface area contributed by atoms with E-state index in [-0.39, 0.29) is 11.3 Å². The molecule has 5 heteroatoms. The van der Waals surface area contributed by atoms with Gasteiger partial charge in [-0.25, -0.2) is 4.79 Å². The van der Waals surface area contributed by atoms with Crippen LogP contribution in [0.25, 0.3) is 6.08 Å². The molecule has 16 heavy (non-hydrogen) atoms. The summed E-state index contributed by atoms with van der Waals surface area (Å²) in [6.07, 6.45) is 2.60. The lowest BCUT2D eigenvalue weighted by Gasteiger charge is -2.05. The van der Waals surface area contributed by atoms with Gasteiger partial charge < -0.3 is 15.6 Å². The molecule has 0 spiro atoms. The third-order valence-corrected chi connectivity index (χ3v) is 1.89. The molecule has 0 atom stereocenters. The van der Waals surface area contributed by atoms with Crippen LogP contribution in [-0.2, 0) is 4.79 Å². The largest absolute Gasteiger partial charge is 0.496 e. The van der Waals surface area contributed by atoms with Crippen LogP contribution in [0, 0.1) is 0 Å². The van der Waals surface area contributed by atoms with Crippen molar-refractivity contribution in [1.29, 1.82) is 0 Å². The average molecular weight is 221 g/mol. The van der Waals surface area contributed by atoms with Gasteiger partial charge in [-0.3, -0.25) is 4.79 Å². The Labute approximate surface area is 92.1 Å². The zero-order chi connectivity index (χ0) is 12.1. The topological polar surface area (TPSA) is 89.6 Å². The third-order valence-electron chi connectivity index (χ3n) is 1.89. The molecule has 1 aromatic carbocycles. The summed E-state index contributed by atoms with van der Waals surface area (Å²) < 4.78 is 4.89. The highest BCUT2D eigenvalue weighted by Crippen LogP contribution is 2.20. The van der Waals surface area contributed by atoms with Gasteiger partial charge in [0.2, 0.25) is 5.91 Å². The predicted molar refractivity (Wildman–Crippen MR) is 58.2 cm³/mol. The fraction of sp³-hybridized carbons (Fsp3) is 0.0909. The molecule has 84 valence electrons. The normalized spacial score (nSPS) is 10.3. The van der Waals surface area contributed by atoms with Crippen molar-refractivity contribution in [2.24, 2.45) is 5.73 Å². The second-order valence-corrected chi connectivity index (χ2v) is 3.00. The van der Waals surface area contributed by atoms with E-state index in [0.717, 1.165) is 6.08 Å². The van der Waals surface area contributed by atoms with Crippen LogP contribution in [0.4, 0.5) is 0 Å². The van der Waals surface area contributed by atoms with Gasteiger partial charge in [0.25, 0.3) is 0 Å². The molecular weight excluding hydrogens is 210 g/mol. The quantitative estimate of drug-likeness (QED) is 0.739. The number of hydrogen-bond donors (Lipinski definition) is 2. The summed E-state index contributed by atoms with van der Waals surface area (Å²) >= 11 is 0. The van der Waals surface area contributed by atoms with Gasteiger partial charge in [0.05, 0.1) is 7.11 Å². The minimum Gasteiger partial charge on any atom is -0.496 e. The predicted octanol–water partition coefficient (Wildman–Crippen LogP) is 0.892. The molecule has 1 aromatic rings. The van der Waals surface area contributed by atoms with Crippen molar-refractivity contribution in [2.45, 2.75) is 0 Å². The summed E-state index contributed by atoms with van der Waals surface area (Å²) in [6.45, 7) is 0. The van der Waals surface area contributed by atoms with E-state index in [1.165, 1.54) is 25.3 Å². The number of aromatic carboxylic acids is 1. The van der Waals surface area contributed by atoms with Crippen LogP contribution >= 0.6 is 0 Å². The molecule has 0 fully saturated rings. The first-order valence-corrected chi connectivity index (χ1v) is 4.43. The fourth-order valence-corrected chi connectivity index (χ4v) is 1.17. The number of carboxylic acids is 1. The number of amides is 1. The van der Waals surface area contributed by atoms with Gasteiger partial charge >= 0.3 is 5.97 Å². The molecule has 1 amide bonds. The smallest absolute Gasteiger partial charge is 0.339 e. The Morgan fingerprint density at radius 1 is 1.44 bits per heavy atom. The van der Waals surface area contributed by atoms with Crippen LogP contribution in [-0.4, -0.2) is 24.1 Å². The van der Waals surface area contributed by atoms with Crippen molar-refractivity contribution >= 4 is 18.0 Å². The SMILES string of the molecule is COc1ccc(C=CC(N)=O)cc1C(=O)O. The number of hydrogen-bond acceptors (Lipinski definition) is 3. The van der Waals surface area contributed by atoms with Gasteiger partial charge in [-0.05, 0) is 23.8 Å². The molecule has 0 aliphatic rings. The van der Waals surface area contributed by atoms with E-state index in [0.29, 0.717) is 5.56 Å². The second kappa shape index (κ2) is 4.97. The number of primary amides is 1. The molecule has 0 aliphatic carbocycles. The molecule has 5 nitrogen and oxygen atoms in total. The Bertz CT molecular complexity index is 451. The molecule has 3 N–H and O–H groups in total. The Morgan fingerprint density at radius 2 is 2.12 bits per heavy atom. The van der Waals surface area contributed by atoms with Crippen molar-refractivity contribution in [3.63, 3.8) is 0 Å². The molecule has 0 bridgehead atoms. The van der Waals surface area contributed by atoms with E-state index in [4.69, 9.17) is 15.6 Å². The fourth-order valence-electron chi connectivity index (χ4n) is 1.17. The second-order valence-electron chi connectivity index (χ2n) is 3.00. The van der Waals surface area contributed by atoms with Crippen LogP contribution in [0.2, 0.25) is 0 Å². The van der Waals surface area contributed by atoms with E-state index >= 15 is 0 Å². The lowest BCUT2D eigenvalue weighted by atomic mass is 10.1. The Kier molecular flexibility index (Phi) is 3.66. The maximum absolute atomic E-state index is 10.9. The van der Waals surface area contributed by atoms with Crippen LogP contribution in [0.15, 0.2) is 24.3 Å². The lowest BCUT2D eigenvalue weighted by molar-refractivity contribution is -0.113. The third kappa shape index (κ3) is 2.84. The highest BCUT2D eigenvalue weighted by molar-refractivity contribution is 5.93. The van der Waals surface area contributed by atoms with Gasteiger partial charge in [0.15, 0.2) is 0 Å². The van der Waals surface area contributed by atoms with Gasteiger partial charge in [0, 0.05) is 6.08 Å². The molecule has 0 saturated carbocycles. The lowest BCUT2D eigenvalue weighted by Crippen LogP contribution is -2.05. The molecule has 1 rings (SSSR count). The number of rotatable bonds is 4. The van der Waals surface area contributed by atoms with Crippen LogP contribution in [0.1, 0.15) is 15.9 Å². The molecular formula is C11H11NO4. The van der Waals surface area contributed by atoms with Gasteiger partial charge in [-0.1, -0.05) is 6.07 Å². The minimum absolute atomic E-state index is 0.0362. The first kappa shape index (κ1) is 11.8. The Balaban J connectivity index is 3.12. The zero-order valence-electron chi connectivity index (χ0n) is 8.64. The van der Waals surface area contributed by atoms with Crippen LogP contribution < -0.4 is 10.5 Å².